The van der Waals surface area contributed by atoms with Crippen molar-refractivity contribution in [2.24, 2.45) is 0 Å². The fourth-order valence-corrected chi connectivity index (χ4v) is 5.67. The van der Waals surface area contributed by atoms with Crippen LogP contribution in [0.15, 0.2) is 12.7 Å². The Labute approximate surface area is 210 Å². The normalized spacial score (nSPS) is 27.3. The maximum atomic E-state index is 12.0. The molecule has 0 spiro atoms. The summed E-state index contributed by atoms with van der Waals surface area (Å²) in [5.74, 6) is -1.26. The molecule has 4 N–H and O–H groups in total. The Kier molecular flexibility index (Phi) is 8.10. The number of aliphatic carboxylic acids is 1. The maximum absolute atomic E-state index is 12.0. The zero-order valence-electron chi connectivity index (χ0n) is 19.3. The minimum absolute atomic E-state index is 0.0289. The lowest BCUT2D eigenvalue weighted by atomic mass is 9.83. The van der Waals surface area contributed by atoms with E-state index in [1.807, 2.05) is 0 Å². The minimum atomic E-state index is -4.44. The summed E-state index contributed by atoms with van der Waals surface area (Å²) in [4.78, 5) is 22.8. The molecule has 2 aromatic rings. The average Bonchev–Trinajstić information content (AvgIpc) is 3.14. The second kappa shape index (κ2) is 10.3. The van der Waals surface area contributed by atoms with E-state index in [2.05, 4.69) is 20.3 Å². The van der Waals surface area contributed by atoms with Crippen LogP contribution in [0.1, 0.15) is 6.04 Å². The molecule has 0 amide bonds. The molecule has 2 unspecified atom stereocenters. The number of nitrogens with zero attached hydrogens (tertiary/aromatic N) is 4. The first-order valence-electron chi connectivity index (χ1n) is 10.0. The van der Waals surface area contributed by atoms with Crippen LogP contribution in [-0.4, -0.2) is 122 Å². The quantitative estimate of drug-likeness (QED) is 0.197. The number of fused-ring (bicyclic) bond motifs is 1. The Morgan fingerprint density at radius 3 is 1.84 bits per heavy atom. The molecule has 2 aromatic heterocycles. The first-order valence-corrected chi connectivity index (χ1v) is 15.5. The predicted octanol–water partition coefficient (Wildman–Crippen LogP) is -3.37. The van der Waals surface area contributed by atoms with Gasteiger partial charge >= 0.3 is 5.97 Å². The molecule has 21 heteroatoms. The predicted molar refractivity (Wildman–Crippen MR) is 122 cm³/mol. The zero-order valence-corrected chi connectivity index (χ0v) is 21.7. The van der Waals surface area contributed by atoms with Crippen LogP contribution >= 0.6 is 0 Å². The summed E-state index contributed by atoms with van der Waals surface area (Å²) >= 11 is 0. The maximum Gasteiger partial charge on any atom is 0.322 e. The number of carbonyl (C=O) groups is 1. The number of aliphatic hydroxyl groups excluding tert-OH is 2. The van der Waals surface area contributed by atoms with Gasteiger partial charge in [-0.25, -0.2) is 15.0 Å². The Morgan fingerprint density at radius 2 is 1.38 bits per heavy atom. The zero-order chi connectivity index (χ0) is 27.9. The summed E-state index contributed by atoms with van der Waals surface area (Å²) in [6.07, 6.45) is -6.73. The van der Waals surface area contributed by atoms with Crippen LogP contribution in [0, 0.1) is 0 Å². The second-order valence-electron chi connectivity index (χ2n) is 8.06. The lowest BCUT2D eigenvalue weighted by molar-refractivity contribution is -0.172. The van der Waals surface area contributed by atoms with Gasteiger partial charge in [-0.1, -0.05) is 0 Å². The molecule has 3 rings (SSSR count). The number of hydrogen-bond donors (Lipinski definition) is 4. The molecule has 1 fully saturated rings. The van der Waals surface area contributed by atoms with Crippen molar-refractivity contribution in [3.8, 4) is 0 Å². The highest BCUT2D eigenvalue weighted by atomic mass is 32.2. The number of rotatable bonds is 10. The molecule has 1 saturated carbocycles. The summed E-state index contributed by atoms with van der Waals surface area (Å²) in [5.41, 5.74) is -0.136. The van der Waals surface area contributed by atoms with Gasteiger partial charge in [0.15, 0.2) is 11.5 Å². The first-order chi connectivity index (χ1) is 16.9. The number of anilines is 1. The van der Waals surface area contributed by atoms with Crippen LogP contribution < -0.4 is 5.32 Å². The van der Waals surface area contributed by atoms with Crippen LogP contribution in [0.3, 0.4) is 0 Å². The van der Waals surface area contributed by atoms with E-state index in [1.54, 1.807) is 0 Å². The average molecular weight is 590 g/mol. The smallest absolute Gasteiger partial charge is 0.322 e. The third-order valence-electron chi connectivity index (χ3n) is 4.97. The molecule has 0 radical (unpaired) electrons. The number of hydrogen-bond acceptors (Lipinski definition) is 16. The molecule has 0 saturated heterocycles. The molecule has 208 valence electrons. The number of carboxylic acid groups (broad SMARTS) is 1. The van der Waals surface area contributed by atoms with Crippen molar-refractivity contribution in [2.45, 2.75) is 36.6 Å². The SMILES string of the molecule is CS(=O)(=O)OC1[C@@H](OS(C)(=O)=O)[C@@H](O)C(n2cnc3c(NCC(=O)O)ncnc32)[C@@H](O)[C@H]1OS(C)(=O)=O. The van der Waals surface area contributed by atoms with Gasteiger partial charge in [-0.15, -0.1) is 0 Å². The van der Waals surface area contributed by atoms with Gasteiger partial charge in [0.2, 0.25) is 0 Å². The molecule has 1 aliphatic carbocycles. The molecule has 0 aliphatic heterocycles. The lowest BCUT2D eigenvalue weighted by Crippen LogP contribution is -2.64. The van der Waals surface area contributed by atoms with Gasteiger partial charge in [-0.05, 0) is 0 Å². The molecule has 6 atom stereocenters. The van der Waals surface area contributed by atoms with E-state index in [1.165, 1.54) is 0 Å². The van der Waals surface area contributed by atoms with Gasteiger partial charge in [-0.2, -0.15) is 25.3 Å². The van der Waals surface area contributed by atoms with Crippen LogP contribution in [0.2, 0.25) is 0 Å². The van der Waals surface area contributed by atoms with E-state index in [-0.39, 0.29) is 17.0 Å². The Hall–Kier alpha value is -2.53. The van der Waals surface area contributed by atoms with Crippen molar-refractivity contribution >= 4 is 53.3 Å². The van der Waals surface area contributed by atoms with Gasteiger partial charge in [-0.3, -0.25) is 17.3 Å². The molecule has 2 heterocycles. The van der Waals surface area contributed by atoms with E-state index >= 15 is 0 Å². The molecular weight excluding hydrogens is 566 g/mol. The third-order valence-corrected chi connectivity index (χ3v) is 6.68. The molecule has 0 aromatic carbocycles. The summed E-state index contributed by atoms with van der Waals surface area (Å²) in [7, 11) is -13.3. The second-order valence-corrected chi connectivity index (χ2v) is 12.9. The minimum Gasteiger partial charge on any atom is -0.480 e. The lowest BCUT2D eigenvalue weighted by Gasteiger charge is -2.45. The molecule has 1 aliphatic rings. The summed E-state index contributed by atoms with van der Waals surface area (Å²) in [6, 6.07) is -1.69. The Balaban J connectivity index is 2.18. The fourth-order valence-electron chi connectivity index (χ4n) is 3.79. The van der Waals surface area contributed by atoms with E-state index < -0.39 is 79.4 Å². The van der Waals surface area contributed by atoms with Gasteiger partial charge in [0, 0.05) is 0 Å². The number of aliphatic hydroxyl groups is 2. The van der Waals surface area contributed by atoms with Gasteiger partial charge in [0.05, 0.1) is 31.1 Å². The summed E-state index contributed by atoms with van der Waals surface area (Å²) < 4.78 is 87.2. The highest BCUT2D eigenvalue weighted by Gasteiger charge is 2.56. The van der Waals surface area contributed by atoms with E-state index in [0.717, 1.165) is 17.2 Å². The van der Waals surface area contributed by atoms with Gasteiger partial charge < -0.3 is 25.2 Å². The van der Waals surface area contributed by atoms with Crippen molar-refractivity contribution in [1.82, 2.24) is 19.5 Å². The standard InChI is InChI=1S/C16H23N5O13S3/c1-35(26,27)32-12-10(24)9(11(25)13(33-36(2,28)29)14(12)34-37(3,30)31)21-6-20-8-15(17-4-7(22)23)18-5-19-16(8)21/h5-6,9-14,24-25H,4H2,1-3H3,(H,22,23)(H,17,18,19)/t9?,10-,11+,12-,13+,14?. The number of carboxylic acids is 1. The van der Waals surface area contributed by atoms with E-state index in [4.69, 9.17) is 17.7 Å². The van der Waals surface area contributed by atoms with Crippen molar-refractivity contribution in [1.29, 1.82) is 0 Å². The fraction of sp³-hybridized carbons (Fsp3) is 0.625. The number of nitrogens with one attached hydrogen (secondary N) is 1. The highest BCUT2D eigenvalue weighted by Crippen LogP contribution is 2.38. The highest BCUT2D eigenvalue weighted by molar-refractivity contribution is 7.86. The van der Waals surface area contributed by atoms with Crippen LogP contribution in [0.4, 0.5) is 5.82 Å². The molecule has 37 heavy (non-hydrogen) atoms. The monoisotopic (exact) mass is 589 g/mol. The largest absolute Gasteiger partial charge is 0.480 e. The van der Waals surface area contributed by atoms with Crippen LogP contribution in [-0.2, 0) is 47.7 Å². The van der Waals surface area contributed by atoms with Crippen molar-refractivity contribution in [3.63, 3.8) is 0 Å². The molecular formula is C16H23N5O13S3. The van der Waals surface area contributed by atoms with Crippen molar-refractivity contribution < 1.29 is 57.9 Å². The Bertz CT molecular complexity index is 1440. The van der Waals surface area contributed by atoms with E-state index in [9.17, 15) is 40.3 Å². The Morgan fingerprint density at radius 1 is 0.892 bits per heavy atom. The van der Waals surface area contributed by atoms with Crippen LogP contribution in [0.25, 0.3) is 11.2 Å². The molecule has 18 nitrogen and oxygen atoms in total. The van der Waals surface area contributed by atoms with Gasteiger partial charge in [0.1, 0.15) is 48.9 Å². The van der Waals surface area contributed by atoms with Gasteiger partial charge in [0.25, 0.3) is 30.4 Å². The number of aromatic nitrogens is 4. The third kappa shape index (κ3) is 7.07. The molecule has 0 bridgehead atoms. The van der Waals surface area contributed by atoms with Crippen molar-refractivity contribution in [3.05, 3.63) is 12.7 Å². The van der Waals surface area contributed by atoms with Crippen molar-refractivity contribution in [2.75, 3.05) is 30.6 Å². The summed E-state index contributed by atoms with van der Waals surface area (Å²) in [6.45, 7) is -0.549. The number of imidazole rings is 1. The van der Waals surface area contributed by atoms with E-state index in [0.29, 0.717) is 18.8 Å². The topological polar surface area (TPSA) is 263 Å². The van der Waals surface area contributed by atoms with Crippen LogP contribution in [0.5, 0.6) is 0 Å². The first kappa shape index (κ1) is 29.0. The summed E-state index contributed by atoms with van der Waals surface area (Å²) in [5, 5.41) is 33.6.